The summed E-state index contributed by atoms with van der Waals surface area (Å²) in [7, 11) is 0. The summed E-state index contributed by atoms with van der Waals surface area (Å²) in [6.45, 7) is 5.58. The third kappa shape index (κ3) is 3.33. The molecule has 8 heteroatoms. The Labute approximate surface area is 163 Å². The Morgan fingerprint density at radius 3 is 2.25 bits per heavy atom. The standard InChI is InChI=1S/C20H23N5O3/c1-15(26)22-8-10-23(11-9-22)16-6-7-19(21-14-16)24-12-13-25(20(27)28)18-5-3-2-4-17(18)24/h2-7,14H,8-13H2,1H3,(H,27,28). The van der Waals surface area contributed by atoms with Gasteiger partial charge in [0.25, 0.3) is 0 Å². The normalized spacial score (nSPS) is 16.8. The Balaban J connectivity index is 1.52. The largest absolute Gasteiger partial charge is 0.465 e. The lowest BCUT2D eigenvalue weighted by Gasteiger charge is -2.37. The van der Waals surface area contributed by atoms with E-state index < -0.39 is 6.09 Å². The van der Waals surface area contributed by atoms with Gasteiger partial charge in [0.2, 0.25) is 5.91 Å². The number of rotatable bonds is 2. The molecule has 8 nitrogen and oxygen atoms in total. The molecule has 0 radical (unpaired) electrons. The second-order valence-electron chi connectivity index (χ2n) is 6.94. The van der Waals surface area contributed by atoms with E-state index >= 15 is 0 Å². The first-order valence-electron chi connectivity index (χ1n) is 9.38. The average Bonchev–Trinajstić information content (AvgIpc) is 2.73. The number of aromatic nitrogens is 1. The van der Waals surface area contributed by atoms with Crippen LogP contribution in [0, 0.1) is 0 Å². The Kier molecular flexibility index (Phi) is 4.77. The lowest BCUT2D eigenvalue weighted by Crippen LogP contribution is -2.48. The monoisotopic (exact) mass is 381 g/mol. The highest BCUT2D eigenvalue weighted by Crippen LogP contribution is 2.37. The van der Waals surface area contributed by atoms with E-state index in [1.807, 2.05) is 52.4 Å². The molecule has 0 atom stereocenters. The molecule has 2 aliphatic rings. The minimum atomic E-state index is -0.944. The Hall–Kier alpha value is -3.29. The summed E-state index contributed by atoms with van der Waals surface area (Å²) < 4.78 is 0. The molecule has 0 saturated carbocycles. The molecule has 146 valence electrons. The maximum absolute atomic E-state index is 11.5. The number of benzene rings is 1. The molecule has 0 unspecified atom stereocenters. The molecular formula is C20H23N5O3. The number of hydrogen-bond donors (Lipinski definition) is 1. The molecule has 4 rings (SSSR count). The SMILES string of the molecule is CC(=O)N1CCN(c2ccc(N3CCN(C(=O)O)c4ccccc43)nc2)CC1. The number of carbonyl (C=O) groups excluding carboxylic acids is 1. The van der Waals surface area contributed by atoms with Crippen molar-refractivity contribution in [2.45, 2.75) is 6.92 Å². The second-order valence-corrected chi connectivity index (χ2v) is 6.94. The summed E-state index contributed by atoms with van der Waals surface area (Å²) in [4.78, 5) is 35.1. The number of para-hydroxylation sites is 2. The summed E-state index contributed by atoms with van der Waals surface area (Å²) in [5.74, 6) is 0.913. The first-order valence-corrected chi connectivity index (χ1v) is 9.38. The van der Waals surface area contributed by atoms with Crippen LogP contribution in [0.25, 0.3) is 0 Å². The summed E-state index contributed by atoms with van der Waals surface area (Å²) in [6.07, 6.45) is 0.908. The van der Waals surface area contributed by atoms with Gasteiger partial charge in [-0.3, -0.25) is 9.69 Å². The minimum absolute atomic E-state index is 0.118. The van der Waals surface area contributed by atoms with E-state index in [2.05, 4.69) is 9.88 Å². The lowest BCUT2D eigenvalue weighted by atomic mass is 10.1. The van der Waals surface area contributed by atoms with Gasteiger partial charge in [0.1, 0.15) is 5.82 Å². The summed E-state index contributed by atoms with van der Waals surface area (Å²) in [5, 5.41) is 9.44. The van der Waals surface area contributed by atoms with Crippen LogP contribution in [0.2, 0.25) is 0 Å². The van der Waals surface area contributed by atoms with Crippen LogP contribution in [-0.4, -0.2) is 66.3 Å². The summed E-state index contributed by atoms with van der Waals surface area (Å²) in [5.41, 5.74) is 2.54. The van der Waals surface area contributed by atoms with E-state index in [4.69, 9.17) is 0 Å². The van der Waals surface area contributed by atoms with Gasteiger partial charge in [-0.25, -0.2) is 9.78 Å². The fourth-order valence-electron chi connectivity index (χ4n) is 3.80. The third-order valence-corrected chi connectivity index (χ3v) is 5.34. The van der Waals surface area contributed by atoms with Gasteiger partial charge in [0.05, 0.1) is 23.3 Å². The predicted molar refractivity (Wildman–Crippen MR) is 108 cm³/mol. The van der Waals surface area contributed by atoms with Gasteiger partial charge in [-0.15, -0.1) is 0 Å². The van der Waals surface area contributed by atoms with Crippen molar-refractivity contribution in [2.75, 3.05) is 54.0 Å². The molecule has 0 spiro atoms. The maximum Gasteiger partial charge on any atom is 0.411 e. The van der Waals surface area contributed by atoms with Crippen LogP contribution in [0.1, 0.15) is 6.92 Å². The maximum atomic E-state index is 11.5. The second kappa shape index (κ2) is 7.38. The molecule has 2 aromatic rings. The van der Waals surface area contributed by atoms with Crippen LogP contribution in [-0.2, 0) is 4.79 Å². The lowest BCUT2D eigenvalue weighted by molar-refractivity contribution is -0.129. The Bertz CT molecular complexity index is 878. The van der Waals surface area contributed by atoms with E-state index in [0.29, 0.717) is 18.8 Å². The van der Waals surface area contributed by atoms with Crippen LogP contribution in [0.4, 0.5) is 27.7 Å². The smallest absolute Gasteiger partial charge is 0.411 e. The van der Waals surface area contributed by atoms with Gasteiger partial charge in [-0.05, 0) is 24.3 Å². The highest BCUT2D eigenvalue weighted by molar-refractivity contribution is 5.93. The van der Waals surface area contributed by atoms with Crippen LogP contribution in [0.15, 0.2) is 42.6 Å². The van der Waals surface area contributed by atoms with Crippen molar-refractivity contribution in [3.63, 3.8) is 0 Å². The van der Waals surface area contributed by atoms with E-state index in [-0.39, 0.29) is 5.91 Å². The molecule has 1 saturated heterocycles. The Morgan fingerprint density at radius 1 is 0.929 bits per heavy atom. The zero-order valence-corrected chi connectivity index (χ0v) is 15.8. The van der Waals surface area contributed by atoms with Gasteiger partial charge in [0.15, 0.2) is 0 Å². The van der Waals surface area contributed by atoms with Gasteiger partial charge in [-0.1, -0.05) is 12.1 Å². The number of fused-ring (bicyclic) bond motifs is 1. The van der Waals surface area contributed by atoms with Crippen molar-refractivity contribution >= 4 is 34.9 Å². The minimum Gasteiger partial charge on any atom is -0.465 e. The van der Waals surface area contributed by atoms with Crippen molar-refractivity contribution in [3.8, 4) is 0 Å². The topological polar surface area (TPSA) is 80.2 Å². The zero-order chi connectivity index (χ0) is 19.7. The molecule has 28 heavy (non-hydrogen) atoms. The zero-order valence-electron chi connectivity index (χ0n) is 15.8. The van der Waals surface area contributed by atoms with E-state index in [1.165, 1.54) is 4.90 Å². The van der Waals surface area contributed by atoms with Crippen molar-refractivity contribution in [3.05, 3.63) is 42.6 Å². The molecule has 1 aromatic carbocycles. The van der Waals surface area contributed by atoms with Gasteiger partial charge in [-0.2, -0.15) is 0 Å². The molecule has 1 N–H and O–H groups in total. The van der Waals surface area contributed by atoms with E-state index in [0.717, 1.165) is 43.4 Å². The van der Waals surface area contributed by atoms with Crippen LogP contribution in [0.5, 0.6) is 0 Å². The number of hydrogen-bond acceptors (Lipinski definition) is 5. The van der Waals surface area contributed by atoms with Crippen molar-refractivity contribution in [1.82, 2.24) is 9.88 Å². The van der Waals surface area contributed by atoms with Crippen LogP contribution < -0.4 is 14.7 Å². The predicted octanol–water partition coefficient (Wildman–Crippen LogP) is 2.39. The molecule has 2 amide bonds. The molecule has 0 aliphatic carbocycles. The average molecular weight is 381 g/mol. The molecule has 0 bridgehead atoms. The number of pyridine rings is 1. The van der Waals surface area contributed by atoms with Gasteiger partial charge in [0, 0.05) is 46.2 Å². The quantitative estimate of drug-likeness (QED) is 0.860. The highest BCUT2D eigenvalue weighted by Gasteiger charge is 2.27. The van der Waals surface area contributed by atoms with Crippen molar-refractivity contribution in [2.24, 2.45) is 0 Å². The molecule has 2 aliphatic heterocycles. The fourth-order valence-corrected chi connectivity index (χ4v) is 3.80. The molecule has 1 fully saturated rings. The fraction of sp³-hybridized carbons (Fsp3) is 0.350. The summed E-state index contributed by atoms with van der Waals surface area (Å²) in [6, 6.07) is 11.5. The van der Waals surface area contributed by atoms with Crippen molar-refractivity contribution in [1.29, 1.82) is 0 Å². The number of anilines is 4. The number of piperazine rings is 1. The third-order valence-electron chi connectivity index (χ3n) is 5.34. The van der Waals surface area contributed by atoms with Crippen LogP contribution in [0.3, 0.4) is 0 Å². The number of carbonyl (C=O) groups is 2. The summed E-state index contributed by atoms with van der Waals surface area (Å²) >= 11 is 0. The first-order chi connectivity index (χ1) is 13.5. The van der Waals surface area contributed by atoms with Crippen LogP contribution >= 0.6 is 0 Å². The van der Waals surface area contributed by atoms with Gasteiger partial charge < -0.3 is 19.8 Å². The number of nitrogens with zero attached hydrogens (tertiary/aromatic N) is 5. The Morgan fingerprint density at radius 2 is 1.64 bits per heavy atom. The molecular weight excluding hydrogens is 358 g/mol. The highest BCUT2D eigenvalue weighted by atomic mass is 16.4. The number of amides is 2. The number of carboxylic acid groups (broad SMARTS) is 1. The van der Waals surface area contributed by atoms with E-state index in [1.54, 1.807) is 6.92 Å². The first kappa shape index (κ1) is 18.1. The van der Waals surface area contributed by atoms with Gasteiger partial charge >= 0.3 is 6.09 Å². The molecule has 1 aromatic heterocycles. The van der Waals surface area contributed by atoms with Crippen molar-refractivity contribution < 1.29 is 14.7 Å². The molecule has 3 heterocycles. The van der Waals surface area contributed by atoms with E-state index in [9.17, 15) is 14.7 Å².